The van der Waals surface area contributed by atoms with Crippen molar-refractivity contribution in [1.82, 2.24) is 0 Å². The molecule has 3 rings (SSSR count). The van der Waals surface area contributed by atoms with Crippen LogP contribution in [0.4, 0.5) is 4.39 Å². The van der Waals surface area contributed by atoms with Gasteiger partial charge in [0.25, 0.3) is 0 Å². The van der Waals surface area contributed by atoms with Crippen molar-refractivity contribution in [3.05, 3.63) is 34.6 Å². The molecule has 2 fully saturated rings. The molecule has 1 nitrogen and oxygen atoms in total. The Hall–Kier alpha value is -0.600. The summed E-state index contributed by atoms with van der Waals surface area (Å²) < 4.78 is 13.4. The number of fused-ring (bicyclic) bond motifs is 1. The molecule has 3 heteroatoms. The number of benzene rings is 1. The Labute approximate surface area is 113 Å². The van der Waals surface area contributed by atoms with E-state index >= 15 is 0 Å². The Morgan fingerprint density at radius 3 is 2.56 bits per heavy atom. The molecule has 0 aromatic heterocycles. The lowest BCUT2D eigenvalue weighted by Crippen LogP contribution is -2.26. The van der Waals surface area contributed by atoms with Crippen LogP contribution in [0.2, 0.25) is 5.02 Å². The second-order valence-corrected chi connectivity index (χ2v) is 6.21. The third kappa shape index (κ3) is 2.28. The summed E-state index contributed by atoms with van der Waals surface area (Å²) in [5.41, 5.74) is 7.27. The van der Waals surface area contributed by atoms with Crippen LogP contribution in [0.5, 0.6) is 0 Å². The first-order valence-corrected chi connectivity index (χ1v) is 7.24. The fourth-order valence-corrected chi connectivity index (χ4v) is 3.88. The average molecular weight is 268 g/mol. The number of hydrogen-bond acceptors (Lipinski definition) is 1. The van der Waals surface area contributed by atoms with Gasteiger partial charge in [0.2, 0.25) is 0 Å². The highest BCUT2D eigenvalue weighted by Gasteiger charge is 2.52. The monoisotopic (exact) mass is 267 g/mol. The summed E-state index contributed by atoms with van der Waals surface area (Å²) in [5.74, 6) is 2.04. The van der Waals surface area contributed by atoms with E-state index in [0.29, 0.717) is 5.92 Å². The molecule has 3 unspecified atom stereocenters. The lowest BCUT2D eigenvalue weighted by Gasteiger charge is -2.12. The number of hydrogen-bond donors (Lipinski definition) is 1. The van der Waals surface area contributed by atoms with Crippen LogP contribution in [0.15, 0.2) is 18.2 Å². The van der Waals surface area contributed by atoms with Gasteiger partial charge in [0.15, 0.2) is 0 Å². The van der Waals surface area contributed by atoms with Gasteiger partial charge in [0.05, 0.1) is 5.02 Å². The van der Waals surface area contributed by atoms with E-state index in [1.165, 1.54) is 31.7 Å². The zero-order valence-electron chi connectivity index (χ0n) is 10.4. The molecule has 1 aromatic rings. The van der Waals surface area contributed by atoms with Gasteiger partial charge >= 0.3 is 0 Å². The van der Waals surface area contributed by atoms with Gasteiger partial charge in [-0.05, 0) is 54.7 Å². The number of nitrogens with two attached hydrogens (primary N) is 1. The van der Waals surface area contributed by atoms with E-state index in [-0.39, 0.29) is 16.9 Å². The maximum absolute atomic E-state index is 13.4. The largest absolute Gasteiger partial charge is 0.327 e. The Balaban J connectivity index is 1.64. The minimum atomic E-state index is -0.338. The van der Waals surface area contributed by atoms with Crippen molar-refractivity contribution in [2.45, 2.75) is 38.1 Å². The predicted molar refractivity (Wildman–Crippen MR) is 72.0 cm³/mol. The van der Waals surface area contributed by atoms with E-state index in [2.05, 4.69) is 0 Å². The highest BCUT2D eigenvalue weighted by atomic mass is 35.5. The first-order valence-electron chi connectivity index (χ1n) is 6.86. The second-order valence-electron chi connectivity index (χ2n) is 5.81. The summed E-state index contributed by atoms with van der Waals surface area (Å²) in [6.07, 6.45) is 6.18. The zero-order chi connectivity index (χ0) is 12.7. The summed E-state index contributed by atoms with van der Waals surface area (Å²) in [4.78, 5) is 0. The van der Waals surface area contributed by atoms with Crippen LogP contribution in [0.3, 0.4) is 0 Å². The Bertz CT molecular complexity index is 436. The van der Waals surface area contributed by atoms with Crippen LogP contribution in [0.1, 0.15) is 31.2 Å². The van der Waals surface area contributed by atoms with Gasteiger partial charge in [0, 0.05) is 6.04 Å². The Kier molecular flexibility index (Phi) is 3.33. The maximum Gasteiger partial charge on any atom is 0.142 e. The number of rotatable bonds is 3. The molecule has 1 aromatic carbocycles. The molecule has 0 saturated heterocycles. The third-order valence-corrected chi connectivity index (χ3v) is 4.98. The van der Waals surface area contributed by atoms with Crippen molar-refractivity contribution in [1.29, 1.82) is 0 Å². The normalized spacial score (nSPS) is 31.8. The molecule has 2 saturated carbocycles. The molecule has 0 bridgehead atoms. The zero-order valence-corrected chi connectivity index (χ0v) is 11.2. The lowest BCUT2D eigenvalue weighted by atomic mass is 10.0. The van der Waals surface area contributed by atoms with E-state index in [9.17, 15) is 4.39 Å². The second kappa shape index (κ2) is 4.82. The molecule has 0 aliphatic heterocycles. The standard InChI is InChI=1S/C15H19ClFN/c16-12-6-5-9(7-13(12)17)8-14(18)15-10-3-1-2-4-11(10)15/h5-7,10-11,14-15H,1-4,8,18H2. The molecule has 0 spiro atoms. The first-order chi connectivity index (χ1) is 8.66. The van der Waals surface area contributed by atoms with Crippen molar-refractivity contribution in [3.8, 4) is 0 Å². The quantitative estimate of drug-likeness (QED) is 0.886. The van der Waals surface area contributed by atoms with Gasteiger partial charge in [-0.2, -0.15) is 0 Å². The Morgan fingerprint density at radius 1 is 1.28 bits per heavy atom. The van der Waals surface area contributed by atoms with Gasteiger partial charge in [0.1, 0.15) is 5.82 Å². The smallest absolute Gasteiger partial charge is 0.142 e. The van der Waals surface area contributed by atoms with E-state index in [1.807, 2.05) is 6.07 Å². The summed E-state index contributed by atoms with van der Waals surface area (Å²) in [7, 11) is 0. The highest BCUT2D eigenvalue weighted by molar-refractivity contribution is 6.30. The summed E-state index contributed by atoms with van der Waals surface area (Å²) in [6.45, 7) is 0. The maximum atomic E-state index is 13.4. The molecule has 2 N–H and O–H groups in total. The molecular formula is C15H19ClFN. The van der Waals surface area contributed by atoms with Crippen molar-refractivity contribution in [2.75, 3.05) is 0 Å². The molecular weight excluding hydrogens is 249 g/mol. The summed E-state index contributed by atoms with van der Waals surface area (Å²) in [6, 6.07) is 5.21. The molecule has 18 heavy (non-hydrogen) atoms. The van der Waals surface area contributed by atoms with Crippen LogP contribution < -0.4 is 5.73 Å². The fraction of sp³-hybridized carbons (Fsp3) is 0.600. The predicted octanol–water partition coefficient (Wildman–Crippen LogP) is 3.79. The van der Waals surface area contributed by atoms with Crippen LogP contribution in [-0.4, -0.2) is 6.04 Å². The topological polar surface area (TPSA) is 26.0 Å². The molecule has 2 aliphatic rings. The van der Waals surface area contributed by atoms with Crippen molar-refractivity contribution in [2.24, 2.45) is 23.5 Å². The lowest BCUT2D eigenvalue weighted by molar-refractivity contribution is 0.480. The number of halogens is 2. The van der Waals surface area contributed by atoms with E-state index in [1.54, 1.807) is 6.07 Å². The van der Waals surface area contributed by atoms with Crippen molar-refractivity contribution >= 4 is 11.6 Å². The molecule has 0 amide bonds. The van der Waals surface area contributed by atoms with Gasteiger partial charge in [-0.25, -0.2) is 4.39 Å². The van der Waals surface area contributed by atoms with Crippen LogP contribution in [0, 0.1) is 23.6 Å². The minimum Gasteiger partial charge on any atom is -0.327 e. The minimum absolute atomic E-state index is 0.179. The Morgan fingerprint density at radius 2 is 1.94 bits per heavy atom. The van der Waals surface area contributed by atoms with E-state index in [0.717, 1.165) is 23.8 Å². The van der Waals surface area contributed by atoms with E-state index < -0.39 is 0 Å². The van der Waals surface area contributed by atoms with Crippen molar-refractivity contribution in [3.63, 3.8) is 0 Å². The highest BCUT2D eigenvalue weighted by Crippen LogP contribution is 2.56. The SMILES string of the molecule is NC(Cc1ccc(Cl)c(F)c1)C1C2CCCCC21. The van der Waals surface area contributed by atoms with Gasteiger partial charge in [-0.15, -0.1) is 0 Å². The summed E-state index contributed by atoms with van der Waals surface area (Å²) in [5, 5.41) is 0.187. The van der Waals surface area contributed by atoms with E-state index in [4.69, 9.17) is 17.3 Å². The molecule has 0 radical (unpaired) electrons. The van der Waals surface area contributed by atoms with Crippen molar-refractivity contribution < 1.29 is 4.39 Å². The third-order valence-electron chi connectivity index (χ3n) is 4.67. The van der Waals surface area contributed by atoms with Crippen LogP contribution in [-0.2, 0) is 6.42 Å². The summed E-state index contributed by atoms with van der Waals surface area (Å²) >= 11 is 5.69. The molecule has 98 valence electrons. The van der Waals surface area contributed by atoms with Gasteiger partial charge < -0.3 is 5.73 Å². The van der Waals surface area contributed by atoms with Gasteiger partial charge in [-0.3, -0.25) is 0 Å². The average Bonchev–Trinajstić information content (AvgIpc) is 3.08. The van der Waals surface area contributed by atoms with Crippen LogP contribution in [0.25, 0.3) is 0 Å². The fourth-order valence-electron chi connectivity index (χ4n) is 3.76. The molecule has 3 atom stereocenters. The van der Waals surface area contributed by atoms with Gasteiger partial charge in [-0.1, -0.05) is 30.5 Å². The first kappa shape index (κ1) is 12.4. The van der Waals surface area contributed by atoms with Crippen LogP contribution >= 0.6 is 11.6 Å². The molecule has 0 heterocycles. The molecule has 2 aliphatic carbocycles.